The number of carboxylic acids is 3. The average molecular weight is 371 g/mol. The predicted octanol–water partition coefficient (Wildman–Crippen LogP) is 0.969. The summed E-state index contributed by atoms with van der Waals surface area (Å²) in [5.41, 5.74) is 5.01. The third-order valence-corrected chi connectivity index (χ3v) is 2.36. The molecule has 8 nitrogen and oxygen atoms in total. The van der Waals surface area contributed by atoms with Gasteiger partial charge in [0.05, 0.1) is 12.8 Å². The van der Waals surface area contributed by atoms with Gasteiger partial charge in [0, 0.05) is 6.07 Å². The van der Waals surface area contributed by atoms with Crippen molar-refractivity contribution >= 4 is 17.9 Å². The highest BCUT2D eigenvalue weighted by molar-refractivity contribution is 5.75. The zero-order chi connectivity index (χ0) is 19.7. The maximum absolute atomic E-state index is 13.0. The topological polar surface area (TPSA) is 147 Å². The van der Waals surface area contributed by atoms with Crippen molar-refractivity contribution in [2.24, 2.45) is 5.73 Å². The number of ether oxygens (including phenoxy) is 1. The zero-order valence-corrected chi connectivity index (χ0v) is 12.3. The van der Waals surface area contributed by atoms with Crippen LogP contribution in [0.1, 0.15) is 12.8 Å². The first-order valence-electron chi connectivity index (χ1n) is 6.35. The number of hydrogen-bond donors (Lipinski definition) is 4. The van der Waals surface area contributed by atoms with E-state index >= 15 is 0 Å². The fraction of sp³-hybridized carbons (Fsp3) is 0.308. The molecule has 0 unspecified atom stereocenters. The highest BCUT2D eigenvalue weighted by Gasteiger charge is 2.21. The zero-order valence-electron chi connectivity index (χ0n) is 12.3. The molecular formula is C13H13F4NO7. The van der Waals surface area contributed by atoms with E-state index in [9.17, 15) is 31.9 Å². The van der Waals surface area contributed by atoms with Crippen LogP contribution in [0, 0.1) is 23.3 Å². The van der Waals surface area contributed by atoms with Crippen molar-refractivity contribution in [1.82, 2.24) is 0 Å². The van der Waals surface area contributed by atoms with Crippen molar-refractivity contribution in [3.63, 3.8) is 0 Å². The summed E-state index contributed by atoms with van der Waals surface area (Å²) in [7, 11) is 0. The van der Waals surface area contributed by atoms with Crippen molar-refractivity contribution in [2.45, 2.75) is 18.9 Å². The second-order valence-electron chi connectivity index (χ2n) is 4.34. The Morgan fingerprint density at radius 3 is 1.84 bits per heavy atom. The van der Waals surface area contributed by atoms with E-state index in [-0.39, 0.29) is 18.9 Å². The summed E-state index contributed by atoms with van der Waals surface area (Å²) in [5.74, 6) is -11.9. The maximum Gasteiger partial charge on any atom is 0.324 e. The minimum Gasteiger partial charge on any atom is -0.488 e. The van der Waals surface area contributed by atoms with Crippen molar-refractivity contribution in [1.29, 1.82) is 0 Å². The van der Waals surface area contributed by atoms with E-state index < -0.39 is 59.6 Å². The van der Waals surface area contributed by atoms with E-state index in [1.54, 1.807) is 0 Å². The Morgan fingerprint density at radius 2 is 1.44 bits per heavy atom. The molecule has 0 saturated heterocycles. The summed E-state index contributed by atoms with van der Waals surface area (Å²) >= 11 is 0. The van der Waals surface area contributed by atoms with Gasteiger partial charge in [-0.25, -0.2) is 13.2 Å². The Labute approximate surface area is 137 Å². The number of benzene rings is 1. The number of hydrogen-bond acceptors (Lipinski definition) is 5. The largest absolute Gasteiger partial charge is 0.488 e. The number of nitrogens with two attached hydrogens (primary N) is 1. The standard InChI is InChI=1S/C9H7F4NO3.C4H6O4/c10-3-1-5(7(12)8(13)6(3)11)17-2-4(14)9(15)16;5-3(6)1-2-4(7)8/h1,4H,2,14H2,(H,15,16);1-2H2,(H,5,6)(H,7,8)/t4-;/m0./s1. The van der Waals surface area contributed by atoms with Gasteiger partial charge in [0.25, 0.3) is 0 Å². The molecule has 1 atom stereocenters. The first-order valence-corrected chi connectivity index (χ1v) is 6.35. The molecule has 0 heterocycles. The summed E-state index contributed by atoms with van der Waals surface area (Å²) in [4.78, 5) is 29.6. The SMILES string of the molecule is N[C@@H](COc1cc(F)c(F)c(F)c1F)C(=O)O.O=C(O)CCC(=O)O. The van der Waals surface area contributed by atoms with E-state index in [4.69, 9.17) is 21.1 Å². The van der Waals surface area contributed by atoms with Crippen molar-refractivity contribution in [3.05, 3.63) is 29.3 Å². The molecule has 0 radical (unpaired) electrons. The van der Waals surface area contributed by atoms with Crippen LogP contribution in [0.15, 0.2) is 6.07 Å². The molecule has 5 N–H and O–H groups in total. The normalized spacial score (nSPS) is 11.1. The van der Waals surface area contributed by atoms with Crippen LogP contribution < -0.4 is 10.5 Å². The van der Waals surface area contributed by atoms with Gasteiger partial charge in [-0.2, -0.15) is 4.39 Å². The molecule has 1 rings (SSSR count). The van der Waals surface area contributed by atoms with Gasteiger partial charge in [-0.3, -0.25) is 14.4 Å². The van der Waals surface area contributed by atoms with E-state index in [1.165, 1.54) is 0 Å². The van der Waals surface area contributed by atoms with Gasteiger partial charge in [0.2, 0.25) is 11.6 Å². The second-order valence-corrected chi connectivity index (χ2v) is 4.34. The summed E-state index contributed by atoms with van der Waals surface area (Å²) in [6.45, 7) is -0.712. The molecule has 25 heavy (non-hydrogen) atoms. The van der Waals surface area contributed by atoms with Crippen LogP contribution >= 0.6 is 0 Å². The monoisotopic (exact) mass is 371 g/mol. The van der Waals surface area contributed by atoms with E-state index in [0.717, 1.165) is 0 Å². The first kappa shape index (κ1) is 22.1. The van der Waals surface area contributed by atoms with Crippen molar-refractivity contribution in [3.8, 4) is 5.75 Å². The van der Waals surface area contributed by atoms with Gasteiger partial charge >= 0.3 is 17.9 Å². The molecule has 0 aliphatic rings. The van der Waals surface area contributed by atoms with Crippen LogP contribution in [-0.4, -0.2) is 45.9 Å². The Kier molecular flexibility index (Phi) is 8.91. The van der Waals surface area contributed by atoms with Gasteiger partial charge in [0.15, 0.2) is 17.4 Å². The van der Waals surface area contributed by atoms with Gasteiger partial charge in [-0.15, -0.1) is 0 Å². The number of carbonyl (C=O) groups is 3. The third-order valence-electron chi connectivity index (χ3n) is 2.36. The Bertz CT molecular complexity index is 640. The van der Waals surface area contributed by atoms with Crippen LogP contribution in [0.5, 0.6) is 5.75 Å². The molecule has 0 aromatic heterocycles. The lowest BCUT2D eigenvalue weighted by molar-refractivity contribution is -0.143. The molecule has 0 saturated carbocycles. The Hall–Kier alpha value is -2.89. The number of carboxylic acid groups (broad SMARTS) is 3. The maximum atomic E-state index is 13.0. The lowest BCUT2D eigenvalue weighted by atomic mass is 10.3. The Balaban J connectivity index is 0.000000609. The minimum atomic E-state index is -2.04. The predicted molar refractivity (Wildman–Crippen MR) is 71.9 cm³/mol. The van der Waals surface area contributed by atoms with Crippen LogP contribution in [0.3, 0.4) is 0 Å². The third kappa shape index (κ3) is 7.97. The average Bonchev–Trinajstić information content (AvgIpc) is 2.53. The second kappa shape index (κ2) is 10.1. The summed E-state index contributed by atoms with van der Waals surface area (Å²) in [5, 5.41) is 24.2. The molecule has 0 spiro atoms. The quantitative estimate of drug-likeness (QED) is 0.315. The van der Waals surface area contributed by atoms with E-state index in [1.807, 2.05) is 0 Å². The molecule has 140 valence electrons. The molecular weight excluding hydrogens is 358 g/mol. The number of halogens is 4. The van der Waals surface area contributed by atoms with Crippen LogP contribution in [0.4, 0.5) is 17.6 Å². The van der Waals surface area contributed by atoms with Crippen molar-refractivity contribution < 1.29 is 52.0 Å². The fourth-order valence-electron chi connectivity index (χ4n) is 1.12. The Morgan fingerprint density at radius 1 is 0.960 bits per heavy atom. The van der Waals surface area contributed by atoms with E-state index in [0.29, 0.717) is 0 Å². The molecule has 1 aromatic rings. The molecule has 0 fully saturated rings. The van der Waals surface area contributed by atoms with Gasteiger partial charge in [-0.05, 0) is 0 Å². The lowest BCUT2D eigenvalue weighted by Crippen LogP contribution is -2.36. The van der Waals surface area contributed by atoms with Gasteiger partial charge in [0.1, 0.15) is 12.6 Å². The van der Waals surface area contributed by atoms with Gasteiger partial charge < -0.3 is 25.8 Å². The molecule has 0 amide bonds. The molecule has 12 heteroatoms. The van der Waals surface area contributed by atoms with Crippen LogP contribution in [0.2, 0.25) is 0 Å². The first-order chi connectivity index (χ1) is 11.5. The number of aliphatic carboxylic acids is 3. The minimum absolute atomic E-state index is 0.266. The highest BCUT2D eigenvalue weighted by atomic mass is 19.2. The summed E-state index contributed by atoms with van der Waals surface area (Å²) in [6.07, 6.45) is -0.593. The van der Waals surface area contributed by atoms with Crippen LogP contribution in [0.25, 0.3) is 0 Å². The fourth-order valence-corrected chi connectivity index (χ4v) is 1.12. The molecule has 0 aliphatic heterocycles. The van der Waals surface area contributed by atoms with Crippen LogP contribution in [-0.2, 0) is 14.4 Å². The smallest absolute Gasteiger partial charge is 0.324 e. The molecule has 1 aromatic carbocycles. The lowest BCUT2D eigenvalue weighted by Gasteiger charge is -2.10. The van der Waals surface area contributed by atoms with Gasteiger partial charge in [-0.1, -0.05) is 0 Å². The molecule has 0 bridgehead atoms. The summed E-state index contributed by atoms with van der Waals surface area (Å²) < 4.78 is 55.4. The van der Waals surface area contributed by atoms with Crippen molar-refractivity contribution in [2.75, 3.05) is 6.61 Å². The number of rotatable bonds is 7. The highest BCUT2D eigenvalue weighted by Crippen LogP contribution is 2.24. The van der Waals surface area contributed by atoms with E-state index in [2.05, 4.69) is 4.74 Å². The molecule has 0 aliphatic carbocycles. The summed E-state index contributed by atoms with van der Waals surface area (Å²) in [6, 6.07) is -1.23.